The van der Waals surface area contributed by atoms with E-state index in [9.17, 15) is 4.79 Å². The monoisotopic (exact) mass is 350 g/mol. The predicted octanol–water partition coefficient (Wildman–Crippen LogP) is 3.32. The van der Waals surface area contributed by atoms with Crippen molar-refractivity contribution in [3.05, 3.63) is 53.9 Å². The average molecular weight is 350 g/mol. The molecule has 3 heterocycles. The van der Waals surface area contributed by atoms with Gasteiger partial charge in [-0.15, -0.1) is 10.2 Å². The summed E-state index contributed by atoms with van der Waals surface area (Å²) in [6.07, 6.45) is 4.27. The molecule has 0 spiro atoms. The zero-order chi connectivity index (χ0) is 18.1. The van der Waals surface area contributed by atoms with E-state index in [0.717, 1.165) is 35.9 Å². The van der Waals surface area contributed by atoms with E-state index in [1.54, 1.807) is 13.1 Å². The van der Waals surface area contributed by atoms with Gasteiger partial charge in [0.15, 0.2) is 0 Å². The van der Waals surface area contributed by atoms with E-state index in [-0.39, 0.29) is 17.9 Å². The Bertz CT molecular complexity index is 931. The number of hydrogen-bond acceptors (Lipinski definition) is 5. The zero-order valence-corrected chi connectivity index (χ0v) is 15.1. The lowest BCUT2D eigenvalue weighted by atomic mass is 9.90. The lowest BCUT2D eigenvalue weighted by molar-refractivity contribution is -0.132. The first-order chi connectivity index (χ1) is 12.6. The van der Waals surface area contributed by atoms with Crippen molar-refractivity contribution in [1.29, 1.82) is 0 Å². The second kappa shape index (κ2) is 6.86. The van der Waals surface area contributed by atoms with Crippen LogP contribution in [-0.4, -0.2) is 38.6 Å². The summed E-state index contributed by atoms with van der Waals surface area (Å²) in [6, 6.07) is 10.2. The molecule has 0 unspecified atom stereocenters. The van der Waals surface area contributed by atoms with Crippen LogP contribution in [0.25, 0.3) is 10.9 Å². The van der Waals surface area contributed by atoms with Crippen LogP contribution in [0.5, 0.6) is 0 Å². The van der Waals surface area contributed by atoms with E-state index in [2.05, 4.69) is 22.1 Å². The van der Waals surface area contributed by atoms with Crippen molar-refractivity contribution in [2.45, 2.75) is 45.1 Å². The van der Waals surface area contributed by atoms with Gasteiger partial charge < -0.3 is 9.32 Å². The van der Waals surface area contributed by atoms with E-state index in [4.69, 9.17) is 4.42 Å². The fourth-order valence-corrected chi connectivity index (χ4v) is 3.88. The maximum atomic E-state index is 11.8. The first-order valence-corrected chi connectivity index (χ1v) is 9.05. The summed E-state index contributed by atoms with van der Waals surface area (Å²) < 4.78 is 5.99. The van der Waals surface area contributed by atoms with Gasteiger partial charge in [-0.2, -0.15) is 0 Å². The summed E-state index contributed by atoms with van der Waals surface area (Å²) in [4.78, 5) is 18.2. The number of fused-ring (bicyclic) bond motifs is 1. The van der Waals surface area contributed by atoms with Gasteiger partial charge in [0.1, 0.15) is 0 Å². The number of likely N-dealkylation sites (tertiary alicyclic amines) is 1. The molecule has 0 saturated carbocycles. The van der Waals surface area contributed by atoms with Crippen molar-refractivity contribution in [3.8, 4) is 0 Å². The van der Waals surface area contributed by atoms with E-state index in [1.165, 1.54) is 0 Å². The van der Waals surface area contributed by atoms with Crippen LogP contribution in [0.2, 0.25) is 0 Å². The minimum atomic E-state index is 0.0776. The largest absolute Gasteiger partial charge is 0.425 e. The Morgan fingerprint density at radius 2 is 2.12 bits per heavy atom. The number of carbonyl (C=O) groups is 1. The van der Waals surface area contributed by atoms with Crippen LogP contribution in [-0.2, 0) is 11.2 Å². The molecule has 2 aromatic heterocycles. The summed E-state index contributed by atoms with van der Waals surface area (Å²) in [5, 5.41) is 9.63. The van der Waals surface area contributed by atoms with Gasteiger partial charge in [-0.1, -0.05) is 24.3 Å². The molecule has 0 N–H and O–H groups in total. The number of amides is 1. The van der Waals surface area contributed by atoms with Gasteiger partial charge in [-0.05, 0) is 31.4 Å². The fraction of sp³-hybridized carbons (Fsp3) is 0.400. The molecule has 1 fully saturated rings. The number of rotatable bonds is 3. The standard InChI is InChI=1S/C20H22N4O2/c1-13-17(9-5-11-24(13)14(2)25)20-23-22-18(26-20)12-16-7-3-6-15-8-4-10-21-19(15)16/h3-4,6-8,10,13,17H,5,9,11-12H2,1-2H3/t13-,17-/m0/s1. The number of para-hydroxylation sites is 1. The van der Waals surface area contributed by atoms with Crippen molar-refractivity contribution in [3.63, 3.8) is 0 Å². The van der Waals surface area contributed by atoms with Gasteiger partial charge in [-0.3, -0.25) is 9.78 Å². The Balaban J connectivity index is 1.57. The Hall–Kier alpha value is -2.76. The highest BCUT2D eigenvalue weighted by Crippen LogP contribution is 2.32. The van der Waals surface area contributed by atoms with Crippen LogP contribution in [0.4, 0.5) is 0 Å². The topological polar surface area (TPSA) is 72.1 Å². The van der Waals surface area contributed by atoms with Gasteiger partial charge in [-0.25, -0.2) is 0 Å². The van der Waals surface area contributed by atoms with Gasteiger partial charge in [0, 0.05) is 31.1 Å². The average Bonchev–Trinajstić information content (AvgIpc) is 3.10. The maximum Gasteiger partial charge on any atom is 0.221 e. The van der Waals surface area contributed by atoms with Crippen LogP contribution in [0.1, 0.15) is 50.0 Å². The molecule has 4 rings (SSSR count). The van der Waals surface area contributed by atoms with Crippen molar-refractivity contribution >= 4 is 16.8 Å². The highest BCUT2D eigenvalue weighted by atomic mass is 16.4. The number of carbonyl (C=O) groups excluding carboxylic acids is 1. The Morgan fingerprint density at radius 1 is 1.27 bits per heavy atom. The minimum Gasteiger partial charge on any atom is -0.425 e. The molecule has 26 heavy (non-hydrogen) atoms. The van der Waals surface area contributed by atoms with Crippen LogP contribution in [0, 0.1) is 0 Å². The maximum absolute atomic E-state index is 11.8. The third-order valence-corrected chi connectivity index (χ3v) is 5.25. The Morgan fingerprint density at radius 3 is 2.96 bits per heavy atom. The minimum absolute atomic E-state index is 0.0776. The quantitative estimate of drug-likeness (QED) is 0.724. The van der Waals surface area contributed by atoms with Gasteiger partial charge in [0.05, 0.1) is 17.9 Å². The molecule has 1 aromatic carbocycles. The smallest absolute Gasteiger partial charge is 0.221 e. The second-order valence-electron chi connectivity index (χ2n) is 6.90. The Labute approximate surface area is 152 Å². The molecular formula is C20H22N4O2. The molecule has 2 atom stereocenters. The molecule has 6 nitrogen and oxygen atoms in total. The van der Waals surface area contributed by atoms with E-state index >= 15 is 0 Å². The molecule has 134 valence electrons. The van der Waals surface area contributed by atoms with Crippen LogP contribution in [0.3, 0.4) is 0 Å². The zero-order valence-electron chi connectivity index (χ0n) is 15.1. The second-order valence-corrected chi connectivity index (χ2v) is 6.90. The van der Waals surface area contributed by atoms with Gasteiger partial charge >= 0.3 is 0 Å². The van der Waals surface area contributed by atoms with E-state index in [1.807, 2.05) is 35.2 Å². The molecule has 1 aliphatic rings. The Kier molecular flexibility index (Phi) is 4.41. The van der Waals surface area contributed by atoms with Crippen molar-refractivity contribution in [1.82, 2.24) is 20.1 Å². The molecule has 0 aliphatic carbocycles. The molecule has 0 bridgehead atoms. The summed E-state index contributed by atoms with van der Waals surface area (Å²) in [6.45, 7) is 4.48. The van der Waals surface area contributed by atoms with Crippen molar-refractivity contribution in [2.75, 3.05) is 6.54 Å². The normalized spacial score (nSPS) is 20.5. The van der Waals surface area contributed by atoms with E-state index < -0.39 is 0 Å². The molecule has 1 aliphatic heterocycles. The summed E-state index contributed by atoms with van der Waals surface area (Å²) in [7, 11) is 0. The molecule has 1 saturated heterocycles. The fourth-order valence-electron chi connectivity index (χ4n) is 3.88. The SMILES string of the molecule is CC(=O)N1CCC[C@H](c2nnc(Cc3cccc4cccnc34)o2)[C@@H]1C. The summed E-state index contributed by atoms with van der Waals surface area (Å²) >= 11 is 0. The number of benzene rings is 1. The number of aromatic nitrogens is 3. The van der Waals surface area contributed by atoms with Crippen molar-refractivity contribution in [2.24, 2.45) is 0 Å². The van der Waals surface area contributed by atoms with Gasteiger partial charge in [0.25, 0.3) is 0 Å². The summed E-state index contributed by atoms with van der Waals surface area (Å²) in [5.41, 5.74) is 2.03. The van der Waals surface area contributed by atoms with Crippen LogP contribution < -0.4 is 0 Å². The first-order valence-electron chi connectivity index (χ1n) is 9.05. The predicted molar refractivity (Wildman–Crippen MR) is 97.7 cm³/mol. The highest BCUT2D eigenvalue weighted by Gasteiger charge is 2.34. The number of hydrogen-bond donors (Lipinski definition) is 0. The lowest BCUT2D eigenvalue weighted by Gasteiger charge is -2.37. The van der Waals surface area contributed by atoms with E-state index in [0.29, 0.717) is 18.2 Å². The van der Waals surface area contributed by atoms with Crippen LogP contribution >= 0.6 is 0 Å². The number of pyridine rings is 1. The number of piperidine rings is 1. The first kappa shape index (κ1) is 16.7. The third-order valence-electron chi connectivity index (χ3n) is 5.25. The summed E-state index contributed by atoms with van der Waals surface area (Å²) in [5.74, 6) is 1.42. The molecule has 3 aromatic rings. The highest BCUT2D eigenvalue weighted by molar-refractivity contribution is 5.81. The molecule has 1 amide bonds. The van der Waals surface area contributed by atoms with Crippen LogP contribution in [0.15, 0.2) is 40.9 Å². The molecular weight excluding hydrogens is 328 g/mol. The van der Waals surface area contributed by atoms with Gasteiger partial charge in [0.2, 0.25) is 17.7 Å². The molecule has 6 heteroatoms. The molecule has 0 radical (unpaired) electrons. The number of nitrogens with zero attached hydrogens (tertiary/aromatic N) is 4. The third kappa shape index (κ3) is 3.07. The van der Waals surface area contributed by atoms with Crippen molar-refractivity contribution < 1.29 is 9.21 Å². The lowest BCUT2D eigenvalue weighted by Crippen LogP contribution is -2.44.